The number of aliphatic hydroxyl groups is 1. The minimum Gasteiger partial charge on any atom is -0.393 e. The average Bonchev–Trinajstić information content (AvgIpc) is 2.72. The third kappa shape index (κ3) is 1.93. The number of fused-ring (bicyclic) bond motifs is 1. The molecule has 0 spiro atoms. The molecule has 3 rings (SSSR count). The monoisotopic (exact) mass is 233 g/mol. The van der Waals surface area contributed by atoms with E-state index in [9.17, 15) is 9.50 Å². The van der Waals surface area contributed by atoms with Crippen LogP contribution in [-0.4, -0.2) is 26.0 Å². The highest BCUT2D eigenvalue weighted by atomic mass is 19.1. The zero-order chi connectivity index (χ0) is 11.8. The van der Waals surface area contributed by atoms with Crippen molar-refractivity contribution in [3.05, 3.63) is 35.9 Å². The lowest BCUT2D eigenvalue weighted by Gasteiger charge is -2.16. The van der Waals surface area contributed by atoms with Gasteiger partial charge in [0.2, 0.25) is 0 Å². The molecule has 1 aromatic heterocycles. The van der Waals surface area contributed by atoms with Crippen molar-refractivity contribution in [1.82, 2.24) is 14.8 Å². The molecule has 0 amide bonds. The van der Waals surface area contributed by atoms with Gasteiger partial charge in [0.1, 0.15) is 11.6 Å². The predicted molar refractivity (Wildman–Crippen MR) is 59.7 cm³/mol. The van der Waals surface area contributed by atoms with E-state index in [-0.39, 0.29) is 11.9 Å². The number of rotatable bonds is 1. The molecule has 2 aromatic rings. The Balaban J connectivity index is 2.00. The molecule has 1 aromatic carbocycles. The second-order valence-corrected chi connectivity index (χ2v) is 4.23. The predicted octanol–water partition coefficient (Wildman–Crippen LogP) is 1.39. The first-order chi connectivity index (χ1) is 8.22. The van der Waals surface area contributed by atoms with Crippen molar-refractivity contribution in [2.75, 3.05) is 0 Å². The highest BCUT2D eigenvalue weighted by Crippen LogP contribution is 2.20. The van der Waals surface area contributed by atoms with E-state index < -0.39 is 0 Å². The summed E-state index contributed by atoms with van der Waals surface area (Å²) in [6, 6.07) is 6.22. The Hall–Kier alpha value is -1.75. The number of halogens is 1. The molecule has 1 atom stereocenters. The van der Waals surface area contributed by atoms with Crippen molar-refractivity contribution in [2.24, 2.45) is 0 Å². The van der Waals surface area contributed by atoms with Gasteiger partial charge in [-0.2, -0.15) is 5.10 Å². The van der Waals surface area contributed by atoms with E-state index in [1.165, 1.54) is 12.1 Å². The third-order valence-corrected chi connectivity index (χ3v) is 2.92. The summed E-state index contributed by atoms with van der Waals surface area (Å²) in [4.78, 5) is 4.34. The molecule has 5 heteroatoms. The molecule has 1 aliphatic heterocycles. The molecule has 2 heterocycles. The number of aromatic nitrogens is 3. The first-order valence-electron chi connectivity index (χ1n) is 5.60. The van der Waals surface area contributed by atoms with Crippen molar-refractivity contribution in [2.45, 2.75) is 25.5 Å². The Morgan fingerprint density at radius 1 is 1.41 bits per heavy atom. The highest BCUT2D eigenvalue weighted by Gasteiger charge is 2.20. The lowest BCUT2D eigenvalue weighted by molar-refractivity contribution is 0.138. The van der Waals surface area contributed by atoms with Crippen LogP contribution >= 0.6 is 0 Å². The van der Waals surface area contributed by atoms with Crippen LogP contribution in [0.15, 0.2) is 24.3 Å². The minimum atomic E-state index is -0.341. The fourth-order valence-electron chi connectivity index (χ4n) is 2.04. The van der Waals surface area contributed by atoms with Crippen LogP contribution in [0.25, 0.3) is 11.4 Å². The van der Waals surface area contributed by atoms with Gasteiger partial charge >= 0.3 is 0 Å². The molecule has 1 unspecified atom stereocenters. The largest absolute Gasteiger partial charge is 0.393 e. The first-order valence-corrected chi connectivity index (χ1v) is 5.60. The van der Waals surface area contributed by atoms with Crippen LogP contribution in [0.1, 0.15) is 12.2 Å². The lowest BCUT2D eigenvalue weighted by atomic mass is 10.1. The molecule has 0 saturated carbocycles. The van der Waals surface area contributed by atoms with Crippen LogP contribution < -0.4 is 0 Å². The zero-order valence-electron chi connectivity index (χ0n) is 9.17. The van der Waals surface area contributed by atoms with Gasteiger partial charge in [-0.3, -0.25) is 0 Å². The van der Waals surface area contributed by atoms with Crippen LogP contribution in [0.2, 0.25) is 0 Å². The molecular weight excluding hydrogens is 221 g/mol. The Kier molecular flexibility index (Phi) is 2.40. The van der Waals surface area contributed by atoms with Crippen molar-refractivity contribution < 1.29 is 9.50 Å². The number of aryl methyl sites for hydroxylation is 1. The van der Waals surface area contributed by atoms with E-state index in [4.69, 9.17) is 0 Å². The van der Waals surface area contributed by atoms with Crippen molar-refractivity contribution >= 4 is 0 Å². The molecule has 1 aliphatic rings. The summed E-state index contributed by atoms with van der Waals surface area (Å²) in [5, 5.41) is 13.9. The molecule has 0 fully saturated rings. The summed E-state index contributed by atoms with van der Waals surface area (Å²) in [6.07, 6.45) is 0.869. The molecule has 0 saturated heterocycles. The van der Waals surface area contributed by atoms with Gasteiger partial charge in [-0.05, 0) is 18.6 Å². The van der Waals surface area contributed by atoms with Gasteiger partial charge < -0.3 is 5.11 Å². The molecule has 88 valence electrons. The maximum atomic E-state index is 13.1. The molecule has 0 bridgehead atoms. The number of hydrogen-bond donors (Lipinski definition) is 1. The SMILES string of the molecule is OC1CCn2nc(-c3cccc(F)c3)nc2C1. The van der Waals surface area contributed by atoms with E-state index >= 15 is 0 Å². The summed E-state index contributed by atoms with van der Waals surface area (Å²) in [7, 11) is 0. The lowest BCUT2D eigenvalue weighted by Crippen LogP contribution is -2.23. The second kappa shape index (κ2) is 3.92. The van der Waals surface area contributed by atoms with Crippen molar-refractivity contribution in [1.29, 1.82) is 0 Å². The van der Waals surface area contributed by atoms with Crippen LogP contribution in [0.5, 0.6) is 0 Å². The Morgan fingerprint density at radius 2 is 2.29 bits per heavy atom. The summed E-state index contributed by atoms with van der Waals surface area (Å²) in [5.41, 5.74) is 0.668. The van der Waals surface area contributed by atoms with Gasteiger partial charge in [0, 0.05) is 18.5 Å². The molecule has 1 N–H and O–H groups in total. The van der Waals surface area contributed by atoms with E-state index in [2.05, 4.69) is 10.1 Å². The first kappa shape index (κ1) is 10.4. The van der Waals surface area contributed by atoms with Crippen LogP contribution in [0.3, 0.4) is 0 Å². The number of aliphatic hydroxyl groups excluding tert-OH is 1. The average molecular weight is 233 g/mol. The second-order valence-electron chi connectivity index (χ2n) is 4.23. The number of hydrogen-bond acceptors (Lipinski definition) is 3. The normalized spacial score (nSPS) is 19.1. The van der Waals surface area contributed by atoms with Gasteiger partial charge in [0.05, 0.1) is 6.10 Å². The molecule has 4 nitrogen and oxygen atoms in total. The number of nitrogens with zero attached hydrogens (tertiary/aromatic N) is 3. The van der Waals surface area contributed by atoms with Gasteiger partial charge in [0.15, 0.2) is 5.82 Å². The smallest absolute Gasteiger partial charge is 0.181 e. The van der Waals surface area contributed by atoms with Crippen LogP contribution in [0.4, 0.5) is 4.39 Å². The fourth-order valence-corrected chi connectivity index (χ4v) is 2.04. The maximum absolute atomic E-state index is 13.1. The highest BCUT2D eigenvalue weighted by molar-refractivity contribution is 5.54. The summed E-state index contributed by atoms with van der Waals surface area (Å²) >= 11 is 0. The Bertz CT molecular complexity index is 552. The Labute approximate surface area is 97.7 Å². The molecule has 17 heavy (non-hydrogen) atoms. The standard InChI is InChI=1S/C12H12FN3O/c13-9-3-1-2-8(6-9)12-14-11-7-10(17)4-5-16(11)15-12/h1-3,6,10,17H,4-5,7H2. The molecular formula is C12H12FN3O. The third-order valence-electron chi connectivity index (χ3n) is 2.92. The van der Waals surface area contributed by atoms with E-state index in [0.717, 1.165) is 5.82 Å². The minimum absolute atomic E-state index is 0.296. The van der Waals surface area contributed by atoms with Gasteiger partial charge in [-0.1, -0.05) is 12.1 Å². The van der Waals surface area contributed by atoms with Gasteiger partial charge in [-0.15, -0.1) is 0 Å². The van der Waals surface area contributed by atoms with Crippen LogP contribution in [0, 0.1) is 5.82 Å². The molecule has 0 aliphatic carbocycles. The van der Waals surface area contributed by atoms with Gasteiger partial charge in [-0.25, -0.2) is 14.1 Å². The zero-order valence-corrected chi connectivity index (χ0v) is 9.17. The van der Waals surface area contributed by atoms with Crippen LogP contribution in [-0.2, 0) is 13.0 Å². The summed E-state index contributed by atoms with van der Waals surface area (Å²) in [6.45, 7) is 0.665. The van der Waals surface area contributed by atoms with E-state index in [1.54, 1.807) is 16.8 Å². The van der Waals surface area contributed by atoms with Gasteiger partial charge in [0.25, 0.3) is 0 Å². The van der Waals surface area contributed by atoms with E-state index in [1.807, 2.05) is 0 Å². The summed E-state index contributed by atoms with van der Waals surface area (Å²) < 4.78 is 14.9. The summed E-state index contributed by atoms with van der Waals surface area (Å²) in [5.74, 6) is 0.993. The number of benzene rings is 1. The van der Waals surface area contributed by atoms with Crippen molar-refractivity contribution in [3.8, 4) is 11.4 Å². The topological polar surface area (TPSA) is 50.9 Å². The quantitative estimate of drug-likeness (QED) is 0.809. The van der Waals surface area contributed by atoms with Crippen molar-refractivity contribution in [3.63, 3.8) is 0 Å². The molecule has 0 radical (unpaired) electrons. The Morgan fingerprint density at radius 3 is 3.12 bits per heavy atom. The van der Waals surface area contributed by atoms with E-state index in [0.29, 0.717) is 30.8 Å². The maximum Gasteiger partial charge on any atom is 0.181 e. The fraction of sp³-hybridized carbons (Fsp3) is 0.333.